The molecule has 0 atom stereocenters. The molecule has 0 radical (unpaired) electrons. The van der Waals surface area contributed by atoms with Gasteiger partial charge in [-0.1, -0.05) is 18.1 Å². The topological polar surface area (TPSA) is 32.7 Å². The zero-order chi connectivity index (χ0) is 13.6. The molecule has 0 fully saturated rings. The molecule has 0 saturated carbocycles. The fourth-order valence-corrected chi connectivity index (χ4v) is 1.08. The van der Waals surface area contributed by atoms with Gasteiger partial charge < -0.3 is 0 Å². The van der Waals surface area contributed by atoms with E-state index < -0.39 is 36.1 Å². The molecule has 0 unspecified atom stereocenters. The van der Waals surface area contributed by atoms with Gasteiger partial charge in [-0.25, -0.2) is 5.01 Å². The Morgan fingerprint density at radius 2 is 2.15 bits per heavy atom. The molecule has 0 bridgehead atoms. The highest BCUT2D eigenvalue weighted by Crippen LogP contribution is 2.19. The van der Waals surface area contributed by atoms with Crippen molar-refractivity contribution in [2.45, 2.75) is 13.3 Å². The second-order valence-corrected chi connectivity index (χ2v) is 2.69. The van der Waals surface area contributed by atoms with Crippen LogP contribution in [0.2, 0.25) is 0 Å². The molecule has 2 rings (SSSR count). The van der Waals surface area contributed by atoms with Gasteiger partial charge in [0.15, 0.2) is 0 Å². The van der Waals surface area contributed by atoms with E-state index in [-0.39, 0.29) is 12.1 Å². The normalized spacial score (nSPS) is 21.6. The Labute approximate surface area is 83.7 Å². The summed E-state index contributed by atoms with van der Waals surface area (Å²) in [4.78, 5) is 11.7. The quantitative estimate of drug-likeness (QED) is 0.647. The molecule has 1 aromatic rings. The predicted molar refractivity (Wildman–Crippen MR) is 51.7 cm³/mol. The first kappa shape index (κ1) is 4.05. The monoisotopic (exact) mass is 179 g/mol. The van der Waals surface area contributed by atoms with Crippen LogP contribution in [0.25, 0.3) is 0 Å². The highest BCUT2D eigenvalue weighted by atomic mass is 16.2. The van der Waals surface area contributed by atoms with Crippen molar-refractivity contribution in [1.82, 2.24) is 0 Å². The minimum Gasteiger partial charge on any atom is -0.272 e. The van der Waals surface area contributed by atoms with Crippen LogP contribution in [-0.2, 0) is 4.79 Å². The number of benzene rings is 1. The SMILES string of the molecule is [2H]c1c([2H])c([2H])c(N2N=C(C)CC2=O)c([2H])c1[2H]. The van der Waals surface area contributed by atoms with Crippen LogP contribution in [0.4, 0.5) is 5.69 Å². The maximum absolute atomic E-state index is 11.7. The first-order chi connectivity index (χ1) is 8.34. The molecular formula is C10H10N2O. The fraction of sp³-hybridized carbons (Fsp3) is 0.200. The summed E-state index contributed by atoms with van der Waals surface area (Å²) in [6.07, 6.45) is 0.0994. The molecule has 1 aliphatic heterocycles. The molecule has 1 aromatic carbocycles. The van der Waals surface area contributed by atoms with Gasteiger partial charge in [0.25, 0.3) is 5.91 Å². The summed E-state index contributed by atoms with van der Waals surface area (Å²) >= 11 is 0. The van der Waals surface area contributed by atoms with E-state index in [0.29, 0.717) is 5.71 Å². The van der Waals surface area contributed by atoms with Crippen LogP contribution in [0.1, 0.15) is 20.2 Å². The lowest BCUT2D eigenvalue weighted by molar-refractivity contribution is -0.116. The van der Waals surface area contributed by atoms with E-state index in [1.54, 1.807) is 6.92 Å². The Balaban J connectivity index is 2.69. The van der Waals surface area contributed by atoms with E-state index in [1.165, 1.54) is 0 Å². The Kier molecular flexibility index (Phi) is 0.937. The molecule has 1 aliphatic rings. The predicted octanol–water partition coefficient (Wildman–Crippen LogP) is 1.80. The molecule has 3 heteroatoms. The Bertz CT molecular complexity index is 555. The van der Waals surface area contributed by atoms with Crippen molar-refractivity contribution >= 4 is 17.3 Å². The van der Waals surface area contributed by atoms with Crippen LogP contribution in [0.15, 0.2) is 35.3 Å². The molecular weight excluding hydrogens is 164 g/mol. The van der Waals surface area contributed by atoms with E-state index in [0.717, 1.165) is 5.01 Å². The standard InChI is InChI=1S/C10H10N2O/c1-8-7-10(13)12(11-8)9-5-3-2-4-6-9/h2-6H,7H2,1H3/i2D,3D,4D,5D,6D. The minimum absolute atomic E-state index is 0.0994. The van der Waals surface area contributed by atoms with Crippen LogP contribution < -0.4 is 5.01 Å². The molecule has 1 heterocycles. The van der Waals surface area contributed by atoms with Gasteiger partial charge in [-0.05, 0) is 19.0 Å². The molecule has 0 saturated heterocycles. The number of carbonyl (C=O) groups is 1. The second kappa shape index (κ2) is 3.01. The lowest BCUT2D eigenvalue weighted by Gasteiger charge is -2.10. The van der Waals surface area contributed by atoms with Gasteiger partial charge >= 0.3 is 0 Å². The molecule has 13 heavy (non-hydrogen) atoms. The van der Waals surface area contributed by atoms with Crippen molar-refractivity contribution in [1.29, 1.82) is 0 Å². The van der Waals surface area contributed by atoms with Crippen molar-refractivity contribution in [3.63, 3.8) is 0 Å². The molecule has 3 nitrogen and oxygen atoms in total. The van der Waals surface area contributed by atoms with Crippen molar-refractivity contribution in [2.24, 2.45) is 5.10 Å². The van der Waals surface area contributed by atoms with E-state index >= 15 is 0 Å². The maximum Gasteiger partial charge on any atom is 0.253 e. The van der Waals surface area contributed by atoms with E-state index in [2.05, 4.69) is 5.10 Å². The summed E-state index contributed by atoms with van der Waals surface area (Å²) < 4.78 is 37.9. The largest absolute Gasteiger partial charge is 0.272 e. The van der Waals surface area contributed by atoms with Crippen LogP contribution >= 0.6 is 0 Å². The van der Waals surface area contributed by atoms with Crippen molar-refractivity contribution in [2.75, 3.05) is 5.01 Å². The van der Waals surface area contributed by atoms with Crippen LogP contribution in [-0.4, -0.2) is 11.6 Å². The molecule has 1 amide bonds. The highest BCUT2D eigenvalue weighted by molar-refractivity contribution is 6.12. The first-order valence-electron chi connectivity index (χ1n) is 6.28. The second-order valence-electron chi connectivity index (χ2n) is 2.69. The van der Waals surface area contributed by atoms with Gasteiger partial charge in [-0.3, -0.25) is 4.79 Å². The smallest absolute Gasteiger partial charge is 0.253 e. The number of rotatable bonds is 1. The number of anilines is 1. The van der Waals surface area contributed by atoms with Gasteiger partial charge in [-0.2, -0.15) is 5.10 Å². The Morgan fingerprint density at radius 3 is 2.69 bits per heavy atom. The number of carbonyl (C=O) groups excluding carboxylic acids is 1. The molecule has 66 valence electrons. The summed E-state index contributed by atoms with van der Waals surface area (Å²) in [7, 11) is 0. The van der Waals surface area contributed by atoms with Gasteiger partial charge in [0.2, 0.25) is 0 Å². The summed E-state index contributed by atoms with van der Waals surface area (Å²) in [6, 6.07) is -2.28. The van der Waals surface area contributed by atoms with Crippen LogP contribution in [0.3, 0.4) is 0 Å². The van der Waals surface area contributed by atoms with Gasteiger partial charge in [0.1, 0.15) is 0 Å². The summed E-state index contributed by atoms with van der Waals surface area (Å²) in [5.41, 5.74) is 0.356. The van der Waals surface area contributed by atoms with Crippen LogP contribution in [0, 0.1) is 0 Å². The molecule has 0 aromatic heterocycles. The molecule has 0 spiro atoms. The Hall–Kier alpha value is -1.64. The average Bonchev–Trinajstić information content (AvgIpc) is 2.64. The van der Waals surface area contributed by atoms with E-state index in [4.69, 9.17) is 6.85 Å². The van der Waals surface area contributed by atoms with Gasteiger partial charge in [0, 0.05) is 5.71 Å². The zero-order valence-electron chi connectivity index (χ0n) is 12.0. The van der Waals surface area contributed by atoms with Crippen molar-refractivity contribution < 1.29 is 11.6 Å². The number of hydrogen-bond donors (Lipinski definition) is 0. The third-order valence-electron chi connectivity index (χ3n) is 1.61. The van der Waals surface area contributed by atoms with Gasteiger partial charge in [-0.15, -0.1) is 0 Å². The number of hydrogen-bond acceptors (Lipinski definition) is 2. The van der Waals surface area contributed by atoms with Crippen molar-refractivity contribution in [3.05, 3.63) is 30.2 Å². The lowest BCUT2D eigenvalue weighted by atomic mass is 10.3. The summed E-state index contributed by atoms with van der Waals surface area (Å²) in [6.45, 7) is 1.65. The lowest BCUT2D eigenvalue weighted by Crippen LogP contribution is -2.19. The fourth-order valence-electron chi connectivity index (χ4n) is 1.08. The van der Waals surface area contributed by atoms with E-state index in [9.17, 15) is 4.79 Å². The summed E-state index contributed by atoms with van der Waals surface area (Å²) in [5, 5.41) is 4.79. The molecule has 0 N–H and O–H groups in total. The minimum atomic E-state index is -0.485. The highest BCUT2D eigenvalue weighted by Gasteiger charge is 2.21. The number of para-hydroxylation sites is 1. The maximum atomic E-state index is 11.7. The summed E-state index contributed by atoms with van der Waals surface area (Å²) in [5.74, 6) is -0.397. The third-order valence-corrected chi connectivity index (χ3v) is 1.61. The van der Waals surface area contributed by atoms with Crippen molar-refractivity contribution in [3.8, 4) is 0 Å². The number of amides is 1. The van der Waals surface area contributed by atoms with E-state index in [1.807, 2.05) is 0 Å². The first-order valence-corrected chi connectivity index (χ1v) is 3.78. The number of hydrazone groups is 1. The Morgan fingerprint density at radius 1 is 1.46 bits per heavy atom. The zero-order valence-corrected chi connectivity index (χ0v) is 7.01. The average molecular weight is 179 g/mol. The third kappa shape index (κ3) is 1.45. The van der Waals surface area contributed by atoms with Gasteiger partial charge in [0.05, 0.1) is 19.0 Å². The van der Waals surface area contributed by atoms with Crippen LogP contribution in [0.5, 0.6) is 0 Å². The molecule has 0 aliphatic carbocycles. The number of nitrogens with zero attached hydrogens (tertiary/aromatic N) is 2.